The third-order valence-corrected chi connectivity index (χ3v) is 7.11. The van der Waals surface area contributed by atoms with Gasteiger partial charge in [-0.15, -0.1) is 0 Å². The maximum atomic E-state index is 2.49. The van der Waals surface area contributed by atoms with Gasteiger partial charge in [-0.1, -0.05) is 93.6 Å². The maximum Gasteiger partial charge on any atom is -0.00576 e. The van der Waals surface area contributed by atoms with E-state index in [0.29, 0.717) is 0 Å². The Morgan fingerprint density at radius 1 is 0.613 bits per heavy atom. The molecule has 0 heteroatoms. The first-order valence-corrected chi connectivity index (χ1v) is 12.4. The van der Waals surface area contributed by atoms with Crippen molar-refractivity contribution in [3.63, 3.8) is 0 Å². The smallest absolute Gasteiger partial charge is 0.00576 e. The molecular weight excluding hydrogens is 372 g/mol. The molecule has 0 amide bonds. The molecule has 0 heterocycles. The molecule has 0 atom stereocenters. The van der Waals surface area contributed by atoms with Gasteiger partial charge in [-0.2, -0.15) is 0 Å². The molecule has 0 aliphatic heterocycles. The molecular formula is C31H34. The lowest BCUT2D eigenvalue weighted by Crippen LogP contribution is -1.88. The summed E-state index contributed by atoms with van der Waals surface area (Å²) in [4.78, 5) is 0. The molecule has 1 aliphatic carbocycles. The molecule has 0 saturated heterocycles. The second-order valence-electron chi connectivity index (χ2n) is 9.45. The van der Waals surface area contributed by atoms with Gasteiger partial charge in [0.15, 0.2) is 0 Å². The van der Waals surface area contributed by atoms with Gasteiger partial charge in [0.25, 0.3) is 0 Å². The summed E-state index contributed by atoms with van der Waals surface area (Å²) in [5, 5.41) is 8.30. The normalized spacial score (nSPS) is 13.3. The molecule has 0 unspecified atom stereocenters. The Kier molecular flexibility index (Phi) is 5.81. The van der Waals surface area contributed by atoms with Crippen LogP contribution in [0.4, 0.5) is 0 Å². The van der Waals surface area contributed by atoms with E-state index in [4.69, 9.17) is 0 Å². The van der Waals surface area contributed by atoms with Crippen molar-refractivity contribution in [2.45, 2.75) is 71.6 Å². The molecule has 0 saturated carbocycles. The quantitative estimate of drug-likeness (QED) is 0.155. The van der Waals surface area contributed by atoms with Crippen LogP contribution in [-0.2, 0) is 12.8 Å². The molecule has 1 aliphatic rings. The van der Waals surface area contributed by atoms with Crippen molar-refractivity contribution in [1.29, 1.82) is 0 Å². The molecule has 0 aromatic heterocycles. The zero-order valence-corrected chi connectivity index (χ0v) is 19.1. The number of rotatable bonds is 8. The third kappa shape index (κ3) is 4.01. The minimum Gasteiger partial charge on any atom is -0.0654 e. The molecule has 0 N–H and O–H groups in total. The predicted molar refractivity (Wildman–Crippen MR) is 138 cm³/mol. The first-order chi connectivity index (χ1) is 15.3. The van der Waals surface area contributed by atoms with Crippen LogP contribution in [0.25, 0.3) is 38.4 Å². The predicted octanol–water partition coefficient (Wildman–Crippen LogP) is 9.40. The minimum absolute atomic E-state index is 1.14. The molecule has 31 heavy (non-hydrogen) atoms. The summed E-state index contributed by atoms with van der Waals surface area (Å²) in [6.07, 6.45) is 13.9. The van der Waals surface area contributed by atoms with Gasteiger partial charge < -0.3 is 0 Å². The van der Waals surface area contributed by atoms with Crippen LogP contribution in [0.5, 0.6) is 0 Å². The highest BCUT2D eigenvalue weighted by Gasteiger charge is 2.16. The molecule has 0 nitrogen and oxygen atoms in total. The largest absolute Gasteiger partial charge is 0.0654 e. The van der Waals surface area contributed by atoms with Crippen LogP contribution in [0.15, 0.2) is 60.2 Å². The summed E-state index contributed by atoms with van der Waals surface area (Å²) in [6, 6.07) is 21.3. The van der Waals surface area contributed by atoms with E-state index in [9.17, 15) is 0 Å². The fourth-order valence-corrected chi connectivity index (χ4v) is 5.33. The number of aryl methyl sites for hydroxylation is 1. The van der Waals surface area contributed by atoms with Crippen LogP contribution >= 0.6 is 0 Å². The van der Waals surface area contributed by atoms with E-state index >= 15 is 0 Å². The van der Waals surface area contributed by atoms with E-state index in [2.05, 4.69) is 74.5 Å². The van der Waals surface area contributed by atoms with E-state index < -0.39 is 0 Å². The second-order valence-corrected chi connectivity index (χ2v) is 9.45. The standard InChI is InChI=1S/C31H34/c1-3-5-7-9-22-11-12-24-21-31-26(20-27(24)17-22)14-16-28-29(31)15-13-25-18-23(19-30(25)28)10-8-6-4-2/h11-17,19-21H,3-10,18H2,1-2H3. The number of allylic oxidation sites excluding steroid dienone is 1. The van der Waals surface area contributed by atoms with E-state index in [-0.39, 0.29) is 0 Å². The molecule has 0 spiro atoms. The van der Waals surface area contributed by atoms with Crippen molar-refractivity contribution in [1.82, 2.24) is 0 Å². The Morgan fingerprint density at radius 3 is 2.23 bits per heavy atom. The Morgan fingerprint density at radius 2 is 1.39 bits per heavy atom. The van der Waals surface area contributed by atoms with E-state index in [1.807, 2.05) is 0 Å². The van der Waals surface area contributed by atoms with Gasteiger partial charge in [0.2, 0.25) is 0 Å². The Bertz CT molecular complexity index is 1270. The number of unbranched alkanes of at least 4 members (excludes halogenated alkanes) is 4. The van der Waals surface area contributed by atoms with Crippen LogP contribution in [0.3, 0.4) is 0 Å². The summed E-state index contributed by atoms with van der Waals surface area (Å²) in [5.41, 5.74) is 6.07. The van der Waals surface area contributed by atoms with Crippen LogP contribution in [0.2, 0.25) is 0 Å². The van der Waals surface area contributed by atoms with Gasteiger partial charge in [0, 0.05) is 0 Å². The van der Waals surface area contributed by atoms with Gasteiger partial charge in [0.05, 0.1) is 0 Å². The van der Waals surface area contributed by atoms with Crippen LogP contribution in [0.1, 0.15) is 75.5 Å². The van der Waals surface area contributed by atoms with Gasteiger partial charge in [-0.25, -0.2) is 0 Å². The van der Waals surface area contributed by atoms with E-state index in [1.54, 1.807) is 5.57 Å². The van der Waals surface area contributed by atoms with Crippen molar-refractivity contribution in [3.8, 4) is 0 Å². The highest BCUT2D eigenvalue weighted by molar-refractivity contribution is 6.14. The van der Waals surface area contributed by atoms with Gasteiger partial charge >= 0.3 is 0 Å². The van der Waals surface area contributed by atoms with E-state index in [1.165, 1.54) is 100 Å². The van der Waals surface area contributed by atoms with Crippen LogP contribution in [0, 0.1) is 0 Å². The second kappa shape index (κ2) is 8.87. The topological polar surface area (TPSA) is 0 Å². The van der Waals surface area contributed by atoms with E-state index in [0.717, 1.165) is 6.42 Å². The van der Waals surface area contributed by atoms with Crippen molar-refractivity contribution in [2.24, 2.45) is 0 Å². The summed E-state index contributed by atoms with van der Waals surface area (Å²) >= 11 is 0. The lowest BCUT2D eigenvalue weighted by atomic mass is 9.93. The zero-order chi connectivity index (χ0) is 21.2. The van der Waals surface area contributed by atoms with Crippen molar-refractivity contribution in [3.05, 3.63) is 76.9 Å². The number of benzene rings is 4. The lowest BCUT2D eigenvalue weighted by molar-refractivity contribution is 0.709. The van der Waals surface area contributed by atoms with Crippen LogP contribution < -0.4 is 0 Å². The molecule has 5 rings (SSSR count). The number of hydrogen-bond acceptors (Lipinski definition) is 0. The summed E-state index contributed by atoms with van der Waals surface area (Å²) in [6.45, 7) is 4.56. The molecule has 4 aromatic rings. The van der Waals surface area contributed by atoms with Gasteiger partial charge in [0.1, 0.15) is 0 Å². The van der Waals surface area contributed by atoms with Gasteiger partial charge in [-0.05, 0) is 93.2 Å². The third-order valence-electron chi connectivity index (χ3n) is 7.11. The first-order valence-electron chi connectivity index (χ1n) is 12.4. The summed E-state index contributed by atoms with van der Waals surface area (Å²) < 4.78 is 0. The average molecular weight is 407 g/mol. The maximum absolute atomic E-state index is 2.49. The molecule has 0 fully saturated rings. The number of fused-ring (bicyclic) bond motifs is 6. The van der Waals surface area contributed by atoms with Crippen LogP contribution in [-0.4, -0.2) is 0 Å². The highest BCUT2D eigenvalue weighted by atomic mass is 14.2. The SMILES string of the molecule is CCCCCC1=Cc2c(ccc3c2ccc2cc4cc(CCCCC)ccc4cc23)C1. The highest BCUT2D eigenvalue weighted by Crippen LogP contribution is 2.37. The molecule has 0 radical (unpaired) electrons. The van der Waals surface area contributed by atoms with Crippen molar-refractivity contribution < 1.29 is 0 Å². The van der Waals surface area contributed by atoms with Gasteiger partial charge in [-0.3, -0.25) is 0 Å². The number of hydrogen-bond donors (Lipinski definition) is 0. The minimum atomic E-state index is 1.14. The molecule has 0 bridgehead atoms. The monoisotopic (exact) mass is 406 g/mol. The average Bonchev–Trinajstić information content (AvgIpc) is 3.21. The fourth-order valence-electron chi connectivity index (χ4n) is 5.33. The zero-order valence-electron chi connectivity index (χ0n) is 19.1. The summed E-state index contributed by atoms with van der Waals surface area (Å²) in [7, 11) is 0. The Labute approximate surface area is 187 Å². The van der Waals surface area contributed by atoms with Crippen molar-refractivity contribution >= 4 is 38.4 Å². The molecule has 158 valence electrons. The Balaban J connectivity index is 1.54. The van der Waals surface area contributed by atoms with Crippen molar-refractivity contribution in [2.75, 3.05) is 0 Å². The molecule has 4 aromatic carbocycles. The lowest BCUT2D eigenvalue weighted by Gasteiger charge is -2.10. The fraction of sp³-hybridized carbons (Fsp3) is 0.355. The Hall–Kier alpha value is -2.60. The first kappa shape index (κ1) is 20.3. The summed E-state index contributed by atoms with van der Waals surface area (Å²) in [5.74, 6) is 0.